The van der Waals surface area contributed by atoms with Crippen LogP contribution in [0, 0.1) is 0 Å². The fourth-order valence-electron chi connectivity index (χ4n) is 2.40. The van der Waals surface area contributed by atoms with Gasteiger partial charge in [0.05, 0.1) is 16.0 Å². The predicted octanol–water partition coefficient (Wildman–Crippen LogP) is 4.29. The first-order valence-electron chi connectivity index (χ1n) is 7.40. The summed E-state index contributed by atoms with van der Waals surface area (Å²) in [5, 5.41) is 1.01. The summed E-state index contributed by atoms with van der Waals surface area (Å²) in [6, 6.07) is 26.7. The Morgan fingerprint density at radius 2 is 1.52 bits per heavy atom. The predicted molar refractivity (Wildman–Crippen MR) is 97.5 cm³/mol. The topological polar surface area (TPSA) is 22.1 Å². The van der Waals surface area contributed by atoms with Crippen molar-refractivity contribution in [3.63, 3.8) is 0 Å². The van der Waals surface area contributed by atoms with Gasteiger partial charge in [-0.3, -0.25) is 0 Å². The molecular formula is C19H13AlNOS. The van der Waals surface area contributed by atoms with Gasteiger partial charge in [-0.1, -0.05) is 59.0 Å². The number of nitrogens with zero attached hydrogens (tertiary/aromatic N) is 1. The smallest absolute Gasteiger partial charge is 0.570 e. The Hall–Kier alpha value is -2.12. The summed E-state index contributed by atoms with van der Waals surface area (Å²) in [4.78, 5) is 4.75. The van der Waals surface area contributed by atoms with Crippen molar-refractivity contribution in [3.8, 4) is 16.3 Å². The van der Waals surface area contributed by atoms with Crippen molar-refractivity contribution in [3.05, 3.63) is 78.9 Å². The van der Waals surface area contributed by atoms with Crippen LogP contribution < -0.4 is 8.21 Å². The van der Waals surface area contributed by atoms with Crippen LogP contribution in [0.2, 0.25) is 0 Å². The molecule has 0 fully saturated rings. The average molecular weight is 330 g/mol. The maximum Gasteiger partial charge on any atom is 0.570 e. The highest BCUT2D eigenvalue weighted by atomic mass is 32.1. The van der Waals surface area contributed by atoms with Gasteiger partial charge in [-0.25, -0.2) is 4.98 Å². The van der Waals surface area contributed by atoms with E-state index in [-0.39, 0.29) is 15.6 Å². The Balaban J connectivity index is 1.66. The number of rotatable bonds is 4. The van der Waals surface area contributed by atoms with Crippen molar-refractivity contribution in [2.45, 2.75) is 0 Å². The van der Waals surface area contributed by atoms with Crippen molar-refractivity contribution in [2.24, 2.45) is 0 Å². The van der Waals surface area contributed by atoms with Gasteiger partial charge >= 0.3 is 15.6 Å². The van der Waals surface area contributed by atoms with E-state index >= 15 is 0 Å². The molecule has 4 heteroatoms. The molecule has 0 amide bonds. The molecular weight excluding hydrogens is 317 g/mol. The summed E-state index contributed by atoms with van der Waals surface area (Å²) in [6.45, 7) is 0. The lowest BCUT2D eigenvalue weighted by Crippen LogP contribution is -2.19. The maximum atomic E-state index is 6.12. The Morgan fingerprint density at radius 3 is 2.39 bits per heavy atom. The minimum Gasteiger partial charge on any atom is -0.644 e. The van der Waals surface area contributed by atoms with Crippen molar-refractivity contribution in [2.75, 3.05) is 0 Å². The SMILES string of the molecule is c1cc[c]([Al][O]c2ccccc2-c2nc3ccccc3s2)cc1. The summed E-state index contributed by atoms with van der Waals surface area (Å²) < 4.78 is 8.57. The fraction of sp³-hybridized carbons (Fsp3) is 0. The van der Waals surface area contributed by atoms with Crippen LogP contribution in [-0.4, -0.2) is 20.5 Å². The summed E-state index contributed by atoms with van der Waals surface area (Å²) in [5.41, 5.74) is 2.11. The summed E-state index contributed by atoms with van der Waals surface area (Å²) in [6.07, 6.45) is 0. The summed E-state index contributed by atoms with van der Waals surface area (Å²) in [7, 11) is 0. The highest BCUT2D eigenvalue weighted by Crippen LogP contribution is 2.35. The second-order valence-corrected chi connectivity index (χ2v) is 7.30. The van der Waals surface area contributed by atoms with Crippen molar-refractivity contribution >= 4 is 41.5 Å². The fourth-order valence-corrected chi connectivity index (χ4v) is 4.24. The van der Waals surface area contributed by atoms with Gasteiger partial charge in [-0.05, 0) is 24.3 Å². The van der Waals surface area contributed by atoms with Crippen LogP contribution in [0.3, 0.4) is 0 Å². The molecule has 109 valence electrons. The van der Waals surface area contributed by atoms with E-state index < -0.39 is 0 Å². The minimum atomic E-state index is -0.250. The molecule has 3 aromatic carbocycles. The number of hydrogen-bond donors (Lipinski definition) is 0. The standard InChI is InChI=1S/C13H9NOS.C6H5.Al/c15-11-7-3-1-5-9(11)13-14-10-6-2-4-8-12(10)16-13;1-2-4-6-5-3-1;/h1-8,15H;1-5H;/q;;+1/p-1. The quantitative estimate of drug-likeness (QED) is 0.521. The van der Waals surface area contributed by atoms with Crippen LogP contribution >= 0.6 is 11.3 Å². The van der Waals surface area contributed by atoms with E-state index in [1.807, 2.05) is 54.6 Å². The lowest BCUT2D eigenvalue weighted by molar-refractivity contribution is 0.607. The van der Waals surface area contributed by atoms with Crippen LogP contribution in [0.15, 0.2) is 78.9 Å². The van der Waals surface area contributed by atoms with E-state index in [0.29, 0.717) is 0 Å². The first-order valence-corrected chi connectivity index (χ1v) is 9.26. The highest BCUT2D eigenvalue weighted by Gasteiger charge is 2.12. The van der Waals surface area contributed by atoms with Gasteiger partial charge in [0.15, 0.2) is 0 Å². The van der Waals surface area contributed by atoms with Gasteiger partial charge in [-0.2, -0.15) is 0 Å². The molecule has 0 aliphatic rings. The number of benzene rings is 3. The molecule has 2 nitrogen and oxygen atoms in total. The second-order valence-electron chi connectivity index (χ2n) is 5.13. The zero-order chi connectivity index (χ0) is 15.5. The summed E-state index contributed by atoms with van der Waals surface area (Å²) in [5.74, 6) is 0.908. The molecule has 1 heterocycles. The molecule has 1 aromatic heterocycles. The lowest BCUT2D eigenvalue weighted by Gasteiger charge is -2.10. The summed E-state index contributed by atoms with van der Waals surface area (Å²) >= 11 is 1.45. The molecule has 0 saturated heterocycles. The van der Waals surface area contributed by atoms with Crippen LogP contribution in [0.5, 0.6) is 5.75 Å². The Labute approximate surface area is 145 Å². The number of aromatic nitrogens is 1. The molecule has 0 atom stereocenters. The molecule has 0 N–H and O–H groups in total. The van der Waals surface area contributed by atoms with E-state index in [4.69, 9.17) is 8.77 Å². The first kappa shape index (κ1) is 14.5. The molecule has 23 heavy (non-hydrogen) atoms. The molecule has 0 saturated carbocycles. The van der Waals surface area contributed by atoms with Gasteiger partial charge < -0.3 is 3.79 Å². The van der Waals surface area contributed by atoms with Crippen LogP contribution in [0.1, 0.15) is 0 Å². The van der Waals surface area contributed by atoms with Crippen molar-refractivity contribution < 1.29 is 3.79 Å². The van der Waals surface area contributed by atoms with Gasteiger partial charge in [0.2, 0.25) is 0 Å². The van der Waals surface area contributed by atoms with E-state index in [2.05, 4.69) is 24.3 Å². The molecule has 0 unspecified atom stereocenters. The molecule has 4 aromatic rings. The first-order chi connectivity index (χ1) is 11.4. The number of fused-ring (bicyclic) bond motifs is 1. The van der Waals surface area contributed by atoms with E-state index in [1.54, 1.807) is 11.3 Å². The third kappa shape index (κ3) is 3.16. The minimum absolute atomic E-state index is 0.250. The van der Waals surface area contributed by atoms with Crippen molar-refractivity contribution in [1.82, 2.24) is 4.98 Å². The number of para-hydroxylation sites is 2. The highest BCUT2D eigenvalue weighted by molar-refractivity contribution is 7.21. The number of thiazole rings is 1. The van der Waals surface area contributed by atoms with Crippen LogP contribution in [-0.2, 0) is 0 Å². The van der Waals surface area contributed by atoms with Gasteiger partial charge in [0.25, 0.3) is 0 Å². The molecule has 0 spiro atoms. The molecule has 4 rings (SSSR count). The zero-order valence-corrected chi connectivity index (χ0v) is 14.3. The van der Waals surface area contributed by atoms with Crippen LogP contribution in [0.25, 0.3) is 20.8 Å². The second kappa shape index (κ2) is 6.56. The Bertz CT molecular complexity index is 903. The molecule has 1 radical (unpaired) electrons. The largest absolute Gasteiger partial charge is 0.644 e. The van der Waals surface area contributed by atoms with E-state index in [1.165, 1.54) is 9.13 Å². The third-order valence-corrected chi connectivity index (χ3v) is 5.63. The Kier molecular flexibility index (Phi) is 4.13. The normalized spacial score (nSPS) is 10.6. The Morgan fingerprint density at radius 1 is 0.783 bits per heavy atom. The third-order valence-electron chi connectivity index (χ3n) is 3.53. The lowest BCUT2D eigenvalue weighted by atomic mass is 10.2. The molecule has 0 aliphatic carbocycles. The van der Waals surface area contributed by atoms with Crippen LogP contribution in [0.4, 0.5) is 0 Å². The van der Waals surface area contributed by atoms with Gasteiger partial charge in [-0.15, -0.1) is 11.3 Å². The van der Waals surface area contributed by atoms with Gasteiger partial charge in [0, 0.05) is 5.56 Å². The van der Waals surface area contributed by atoms with E-state index in [9.17, 15) is 0 Å². The molecule has 0 bridgehead atoms. The average Bonchev–Trinajstić information content (AvgIpc) is 3.05. The van der Waals surface area contributed by atoms with Crippen molar-refractivity contribution in [1.29, 1.82) is 0 Å². The van der Waals surface area contributed by atoms with Gasteiger partial charge in [0.1, 0.15) is 5.01 Å². The van der Waals surface area contributed by atoms with E-state index in [0.717, 1.165) is 21.8 Å². The molecule has 0 aliphatic heterocycles. The monoisotopic (exact) mass is 330 g/mol. The maximum absolute atomic E-state index is 6.12. The number of hydrogen-bond acceptors (Lipinski definition) is 3. The zero-order valence-electron chi connectivity index (χ0n) is 12.3.